The minimum Gasteiger partial charge on any atom is -0.480 e. The summed E-state index contributed by atoms with van der Waals surface area (Å²) < 4.78 is 0. The van der Waals surface area contributed by atoms with Crippen LogP contribution in [0.3, 0.4) is 0 Å². The Labute approximate surface area is 126 Å². The highest BCUT2D eigenvalue weighted by Crippen LogP contribution is 2.16. The fraction of sp³-hybridized carbons (Fsp3) is 0.500. The summed E-state index contributed by atoms with van der Waals surface area (Å²) in [5, 5.41) is 13.4. The number of nitrogens with zero attached hydrogens (tertiary/aromatic N) is 1. The molecule has 0 saturated carbocycles. The maximum Gasteiger partial charge on any atom is 0.323 e. The summed E-state index contributed by atoms with van der Waals surface area (Å²) in [5.41, 5.74) is 1.00. The number of carboxylic acid groups (broad SMARTS) is 1. The smallest absolute Gasteiger partial charge is 0.323 e. The van der Waals surface area contributed by atoms with E-state index < -0.39 is 12.0 Å². The summed E-state index contributed by atoms with van der Waals surface area (Å²) in [7, 11) is 0. The summed E-state index contributed by atoms with van der Waals surface area (Å²) in [4.78, 5) is 37.1. The Morgan fingerprint density at radius 1 is 1.48 bits per heavy atom. The van der Waals surface area contributed by atoms with Crippen LogP contribution in [0.5, 0.6) is 0 Å². The van der Waals surface area contributed by atoms with Gasteiger partial charge in [0.15, 0.2) is 0 Å². The van der Waals surface area contributed by atoms with Crippen LogP contribution in [0.1, 0.15) is 34.5 Å². The third-order valence-electron chi connectivity index (χ3n) is 3.37. The van der Waals surface area contributed by atoms with Gasteiger partial charge in [0.1, 0.15) is 12.6 Å². The van der Waals surface area contributed by atoms with E-state index in [1.54, 1.807) is 6.07 Å². The third kappa shape index (κ3) is 4.04. The number of amides is 2. The van der Waals surface area contributed by atoms with Crippen molar-refractivity contribution in [3.63, 3.8) is 0 Å². The first-order valence-electron chi connectivity index (χ1n) is 6.84. The third-order valence-corrected chi connectivity index (χ3v) is 4.41. The summed E-state index contributed by atoms with van der Waals surface area (Å²) in [6, 6.07) is 1.14. The molecule has 1 aromatic rings. The molecule has 21 heavy (non-hydrogen) atoms. The van der Waals surface area contributed by atoms with Crippen molar-refractivity contribution in [1.82, 2.24) is 10.2 Å². The molecule has 1 aliphatic rings. The van der Waals surface area contributed by atoms with Crippen LogP contribution in [-0.2, 0) is 9.59 Å². The molecule has 0 spiro atoms. The second kappa shape index (κ2) is 6.71. The van der Waals surface area contributed by atoms with Crippen molar-refractivity contribution in [2.45, 2.75) is 32.2 Å². The fourth-order valence-corrected chi connectivity index (χ4v) is 3.14. The van der Waals surface area contributed by atoms with E-state index in [-0.39, 0.29) is 18.4 Å². The molecule has 2 rings (SSSR count). The summed E-state index contributed by atoms with van der Waals surface area (Å²) >= 11 is 1.33. The average molecular weight is 310 g/mol. The fourth-order valence-electron chi connectivity index (χ4n) is 2.34. The quantitative estimate of drug-likeness (QED) is 0.876. The van der Waals surface area contributed by atoms with Crippen molar-refractivity contribution in [2.75, 3.05) is 13.1 Å². The number of carboxylic acids is 1. The number of rotatable bonds is 4. The van der Waals surface area contributed by atoms with E-state index in [2.05, 4.69) is 5.32 Å². The maximum atomic E-state index is 12.3. The lowest BCUT2D eigenvalue weighted by molar-refractivity contribution is -0.144. The van der Waals surface area contributed by atoms with Gasteiger partial charge in [-0.1, -0.05) is 0 Å². The van der Waals surface area contributed by atoms with Crippen LogP contribution < -0.4 is 5.32 Å². The van der Waals surface area contributed by atoms with Crippen LogP contribution >= 0.6 is 11.3 Å². The van der Waals surface area contributed by atoms with Gasteiger partial charge in [0, 0.05) is 6.54 Å². The number of carbonyl (C=O) groups excluding carboxylic acids is 2. The lowest BCUT2D eigenvalue weighted by Crippen LogP contribution is -2.48. The number of hydrogen-bond acceptors (Lipinski definition) is 4. The molecule has 2 N–H and O–H groups in total. The zero-order chi connectivity index (χ0) is 15.4. The SMILES string of the molecule is Cc1csc(C(=O)N[C@H]2CCCCN(CC(=O)O)C2=O)c1. The van der Waals surface area contributed by atoms with Gasteiger partial charge in [-0.25, -0.2) is 0 Å². The lowest BCUT2D eigenvalue weighted by atomic mass is 10.1. The van der Waals surface area contributed by atoms with Crippen LogP contribution in [0, 0.1) is 6.92 Å². The molecule has 0 bridgehead atoms. The molecular weight excluding hydrogens is 292 g/mol. The number of aliphatic carboxylic acids is 1. The second-order valence-corrected chi connectivity index (χ2v) is 6.07. The van der Waals surface area contributed by atoms with E-state index in [9.17, 15) is 14.4 Å². The predicted molar refractivity (Wildman–Crippen MR) is 78.4 cm³/mol. The topological polar surface area (TPSA) is 86.7 Å². The molecule has 6 nitrogen and oxygen atoms in total. The molecule has 114 valence electrons. The Morgan fingerprint density at radius 2 is 2.24 bits per heavy atom. The van der Waals surface area contributed by atoms with E-state index in [1.807, 2.05) is 12.3 Å². The normalized spacial score (nSPS) is 19.2. The Kier molecular flexibility index (Phi) is 4.95. The van der Waals surface area contributed by atoms with E-state index >= 15 is 0 Å². The standard InChI is InChI=1S/C14H18N2O4S/c1-9-6-11(21-8-9)13(19)15-10-4-2-3-5-16(14(10)20)7-12(17)18/h6,8,10H,2-5,7H2,1H3,(H,15,19)(H,17,18)/t10-/m0/s1. The zero-order valence-electron chi connectivity index (χ0n) is 11.8. The molecule has 1 atom stereocenters. The number of likely N-dealkylation sites (tertiary alicyclic amines) is 1. The first-order chi connectivity index (χ1) is 9.97. The van der Waals surface area contributed by atoms with E-state index in [1.165, 1.54) is 16.2 Å². The summed E-state index contributed by atoms with van der Waals surface area (Å²) in [6.45, 7) is 2.01. The van der Waals surface area contributed by atoms with Crippen molar-refractivity contribution in [3.8, 4) is 0 Å². The number of thiophene rings is 1. The first kappa shape index (κ1) is 15.5. The van der Waals surface area contributed by atoms with Gasteiger partial charge in [-0.15, -0.1) is 11.3 Å². The molecule has 2 amide bonds. The van der Waals surface area contributed by atoms with E-state index in [0.717, 1.165) is 18.4 Å². The van der Waals surface area contributed by atoms with Crippen molar-refractivity contribution in [3.05, 3.63) is 21.9 Å². The molecule has 0 unspecified atom stereocenters. The number of carbonyl (C=O) groups is 3. The van der Waals surface area contributed by atoms with Gasteiger partial charge >= 0.3 is 5.97 Å². The summed E-state index contributed by atoms with van der Waals surface area (Å²) in [5.74, 6) is -1.62. The molecule has 1 saturated heterocycles. The highest BCUT2D eigenvalue weighted by atomic mass is 32.1. The number of aryl methyl sites for hydroxylation is 1. The first-order valence-corrected chi connectivity index (χ1v) is 7.72. The Morgan fingerprint density at radius 3 is 2.86 bits per heavy atom. The van der Waals surface area contributed by atoms with Gasteiger partial charge in [-0.05, 0) is 43.2 Å². The van der Waals surface area contributed by atoms with E-state index in [0.29, 0.717) is 17.8 Å². The predicted octanol–water partition coefficient (Wildman–Crippen LogP) is 1.25. The monoisotopic (exact) mass is 310 g/mol. The van der Waals surface area contributed by atoms with Crippen molar-refractivity contribution >= 4 is 29.1 Å². The van der Waals surface area contributed by atoms with Gasteiger partial charge in [-0.3, -0.25) is 14.4 Å². The number of nitrogens with one attached hydrogen (secondary N) is 1. The minimum atomic E-state index is -1.04. The van der Waals surface area contributed by atoms with Crippen molar-refractivity contribution in [1.29, 1.82) is 0 Å². The van der Waals surface area contributed by atoms with Crippen LogP contribution in [0.25, 0.3) is 0 Å². The highest BCUT2D eigenvalue weighted by molar-refractivity contribution is 7.12. The van der Waals surface area contributed by atoms with Crippen LogP contribution in [0.2, 0.25) is 0 Å². The Balaban J connectivity index is 2.05. The summed E-state index contributed by atoms with van der Waals surface area (Å²) in [6.07, 6.45) is 2.09. The van der Waals surface area contributed by atoms with Gasteiger partial charge < -0.3 is 15.3 Å². The van der Waals surface area contributed by atoms with Crippen LogP contribution in [0.15, 0.2) is 11.4 Å². The molecule has 0 aromatic carbocycles. The molecule has 0 aliphatic carbocycles. The highest BCUT2D eigenvalue weighted by Gasteiger charge is 2.29. The second-order valence-electron chi connectivity index (χ2n) is 5.16. The van der Waals surface area contributed by atoms with Gasteiger partial charge in [-0.2, -0.15) is 0 Å². The largest absolute Gasteiger partial charge is 0.480 e. The molecule has 0 radical (unpaired) electrons. The molecule has 1 aliphatic heterocycles. The molecule has 7 heteroatoms. The molecule has 1 fully saturated rings. The Bertz CT molecular complexity index is 555. The van der Waals surface area contributed by atoms with Crippen molar-refractivity contribution in [2.24, 2.45) is 0 Å². The molecular formula is C14H18N2O4S. The van der Waals surface area contributed by atoms with E-state index in [4.69, 9.17) is 5.11 Å². The molecule has 1 aromatic heterocycles. The van der Waals surface area contributed by atoms with Gasteiger partial charge in [0.05, 0.1) is 4.88 Å². The van der Waals surface area contributed by atoms with Crippen LogP contribution in [0.4, 0.5) is 0 Å². The zero-order valence-corrected chi connectivity index (χ0v) is 12.6. The average Bonchev–Trinajstić information content (AvgIpc) is 2.79. The molecule has 2 heterocycles. The lowest BCUT2D eigenvalue weighted by Gasteiger charge is -2.23. The van der Waals surface area contributed by atoms with Crippen LogP contribution in [-0.4, -0.2) is 46.9 Å². The Hall–Kier alpha value is -1.89. The minimum absolute atomic E-state index is 0.274. The van der Waals surface area contributed by atoms with Crippen molar-refractivity contribution < 1.29 is 19.5 Å². The number of hydrogen-bond donors (Lipinski definition) is 2. The van der Waals surface area contributed by atoms with Gasteiger partial charge in [0.2, 0.25) is 5.91 Å². The van der Waals surface area contributed by atoms with Gasteiger partial charge in [0.25, 0.3) is 5.91 Å². The maximum absolute atomic E-state index is 12.3.